The molecule has 0 radical (unpaired) electrons. The van der Waals surface area contributed by atoms with E-state index in [0.29, 0.717) is 23.3 Å². The zero-order valence-corrected chi connectivity index (χ0v) is 19.7. The van der Waals surface area contributed by atoms with E-state index in [9.17, 15) is 4.79 Å². The zero-order valence-electron chi connectivity index (χ0n) is 19.7. The minimum absolute atomic E-state index is 0.0299. The summed E-state index contributed by atoms with van der Waals surface area (Å²) in [5, 5.41) is 18.6. The second-order valence-corrected chi connectivity index (χ2v) is 8.71. The lowest BCUT2D eigenvalue weighted by Crippen LogP contribution is -2.34. The van der Waals surface area contributed by atoms with E-state index in [1.54, 1.807) is 18.3 Å². The minimum Gasteiger partial charge on any atom is -0.484 e. The van der Waals surface area contributed by atoms with Crippen molar-refractivity contribution in [3.63, 3.8) is 0 Å². The molecule has 1 aliphatic rings. The van der Waals surface area contributed by atoms with E-state index in [0.717, 1.165) is 42.3 Å². The van der Waals surface area contributed by atoms with Gasteiger partial charge in [-0.25, -0.2) is 9.67 Å². The first-order valence-electron chi connectivity index (χ1n) is 11.7. The molecule has 0 aliphatic carbocycles. The number of nitrogens with one attached hydrogen (secondary N) is 3. The molecular weight excluding hydrogens is 448 g/mol. The predicted octanol–water partition coefficient (Wildman–Crippen LogP) is 3.56. The standard InChI is InChI=1S/C24H28N8O3/c1-15(2)27-21(33)14-35-18-8-6-16(7-9-18)23-29-24(31-30-23)28-20-11-17-12-26-32(19(17)13-25-20)22-5-3-4-10-34-22/h6-9,11-13,15,22H,3-5,10,14H2,1-2H3,(H,27,33)(H2,25,28,29,30,31). The SMILES string of the molecule is CC(C)NC(=O)COc1ccc(-c2nc(Nc3cc4cnn(C5CCCCO5)c4cn3)n[nH]2)cc1. The summed E-state index contributed by atoms with van der Waals surface area (Å²) in [4.78, 5) is 20.7. The van der Waals surface area contributed by atoms with Crippen LogP contribution >= 0.6 is 0 Å². The maximum absolute atomic E-state index is 11.7. The molecule has 5 rings (SSSR count). The highest BCUT2D eigenvalue weighted by Gasteiger charge is 2.19. The molecule has 1 atom stereocenters. The van der Waals surface area contributed by atoms with Crippen molar-refractivity contribution in [2.24, 2.45) is 0 Å². The Morgan fingerprint density at radius 3 is 2.89 bits per heavy atom. The summed E-state index contributed by atoms with van der Waals surface area (Å²) in [6, 6.07) is 9.28. The lowest BCUT2D eigenvalue weighted by molar-refractivity contribution is -0.123. The third-order valence-corrected chi connectivity index (χ3v) is 5.58. The number of hydrogen-bond acceptors (Lipinski definition) is 8. The van der Waals surface area contributed by atoms with Crippen LogP contribution in [-0.4, -0.2) is 55.1 Å². The molecule has 1 amide bonds. The number of amides is 1. The van der Waals surface area contributed by atoms with E-state index in [4.69, 9.17) is 9.47 Å². The van der Waals surface area contributed by atoms with Crippen LogP contribution in [0.1, 0.15) is 39.3 Å². The fraction of sp³-hybridized carbons (Fsp3) is 0.375. The number of pyridine rings is 1. The van der Waals surface area contributed by atoms with Gasteiger partial charge in [0, 0.05) is 23.6 Å². The van der Waals surface area contributed by atoms with E-state index in [1.165, 1.54) is 0 Å². The Kier molecular flexibility index (Phi) is 6.57. The zero-order chi connectivity index (χ0) is 24.2. The molecule has 3 aromatic heterocycles. The summed E-state index contributed by atoms with van der Waals surface area (Å²) in [5.41, 5.74) is 1.77. The van der Waals surface area contributed by atoms with Gasteiger partial charge in [0.2, 0.25) is 5.95 Å². The van der Waals surface area contributed by atoms with Crippen LogP contribution < -0.4 is 15.4 Å². The normalized spacial score (nSPS) is 15.9. The fourth-order valence-corrected chi connectivity index (χ4v) is 3.94. The van der Waals surface area contributed by atoms with Gasteiger partial charge in [0.05, 0.1) is 17.9 Å². The summed E-state index contributed by atoms with van der Waals surface area (Å²) >= 11 is 0. The van der Waals surface area contributed by atoms with Crippen molar-refractivity contribution in [2.45, 2.75) is 45.4 Å². The molecule has 1 aromatic carbocycles. The molecule has 11 nitrogen and oxygen atoms in total. The van der Waals surface area contributed by atoms with Crippen molar-refractivity contribution < 1.29 is 14.3 Å². The Labute approximate surface area is 202 Å². The Morgan fingerprint density at radius 1 is 1.26 bits per heavy atom. The first-order chi connectivity index (χ1) is 17.0. The van der Waals surface area contributed by atoms with Crippen molar-refractivity contribution in [2.75, 3.05) is 18.5 Å². The van der Waals surface area contributed by atoms with E-state index in [-0.39, 0.29) is 24.8 Å². The number of hydrogen-bond donors (Lipinski definition) is 3. The highest BCUT2D eigenvalue weighted by Crippen LogP contribution is 2.27. The Bertz CT molecular complexity index is 1290. The molecule has 182 valence electrons. The topological polar surface area (TPSA) is 132 Å². The summed E-state index contributed by atoms with van der Waals surface area (Å²) in [7, 11) is 0. The summed E-state index contributed by atoms with van der Waals surface area (Å²) < 4.78 is 13.3. The van der Waals surface area contributed by atoms with Crippen molar-refractivity contribution in [3.05, 3.63) is 42.7 Å². The van der Waals surface area contributed by atoms with Gasteiger partial charge in [0.1, 0.15) is 11.6 Å². The van der Waals surface area contributed by atoms with E-state index < -0.39 is 0 Å². The first-order valence-corrected chi connectivity index (χ1v) is 11.7. The second-order valence-electron chi connectivity index (χ2n) is 8.71. The number of fused-ring (bicyclic) bond motifs is 1. The number of anilines is 2. The molecular formula is C24H28N8O3. The van der Waals surface area contributed by atoms with Crippen LogP contribution in [0.4, 0.5) is 11.8 Å². The number of carbonyl (C=O) groups is 1. The van der Waals surface area contributed by atoms with Crippen LogP contribution in [0.15, 0.2) is 42.7 Å². The van der Waals surface area contributed by atoms with Crippen LogP contribution in [-0.2, 0) is 9.53 Å². The van der Waals surface area contributed by atoms with Crippen molar-refractivity contribution in [1.82, 2.24) is 35.3 Å². The third kappa shape index (κ3) is 5.40. The number of H-pyrrole nitrogens is 1. The maximum Gasteiger partial charge on any atom is 0.258 e. The molecule has 11 heteroatoms. The summed E-state index contributed by atoms with van der Waals surface area (Å²) in [6.07, 6.45) is 6.76. The maximum atomic E-state index is 11.7. The number of aromatic amines is 1. The third-order valence-electron chi connectivity index (χ3n) is 5.58. The Hall–Kier alpha value is -3.99. The van der Waals surface area contributed by atoms with Gasteiger partial charge in [-0.1, -0.05) is 0 Å². The van der Waals surface area contributed by atoms with E-state index in [2.05, 4.69) is 35.9 Å². The van der Waals surface area contributed by atoms with Crippen LogP contribution in [0.5, 0.6) is 5.75 Å². The average molecular weight is 477 g/mol. The second kappa shape index (κ2) is 10.1. The fourth-order valence-electron chi connectivity index (χ4n) is 3.94. The van der Waals surface area contributed by atoms with E-state index in [1.807, 2.05) is 42.9 Å². The van der Waals surface area contributed by atoms with Gasteiger partial charge in [0.15, 0.2) is 18.7 Å². The highest BCUT2D eigenvalue weighted by molar-refractivity contribution is 5.81. The average Bonchev–Trinajstić information content (AvgIpc) is 3.50. The number of rotatable bonds is 8. The Morgan fingerprint density at radius 2 is 2.11 bits per heavy atom. The summed E-state index contributed by atoms with van der Waals surface area (Å²) in [5.74, 6) is 2.06. The lowest BCUT2D eigenvalue weighted by Gasteiger charge is -2.23. The molecule has 4 aromatic rings. The van der Waals surface area contributed by atoms with Crippen molar-refractivity contribution >= 4 is 28.6 Å². The minimum atomic E-state index is -0.156. The number of carbonyl (C=O) groups excluding carboxylic acids is 1. The van der Waals surface area contributed by atoms with Gasteiger partial charge in [-0.2, -0.15) is 10.1 Å². The smallest absolute Gasteiger partial charge is 0.258 e. The molecule has 3 N–H and O–H groups in total. The number of nitrogens with zero attached hydrogens (tertiary/aromatic N) is 5. The number of aromatic nitrogens is 6. The van der Waals surface area contributed by atoms with Crippen LogP contribution in [0.25, 0.3) is 22.3 Å². The first kappa shape index (κ1) is 22.8. The number of ether oxygens (including phenoxy) is 2. The van der Waals surface area contributed by atoms with Crippen molar-refractivity contribution in [3.8, 4) is 17.1 Å². The predicted molar refractivity (Wildman–Crippen MR) is 130 cm³/mol. The molecule has 1 unspecified atom stereocenters. The molecule has 1 fully saturated rings. The quantitative estimate of drug-likeness (QED) is 0.352. The van der Waals surface area contributed by atoms with Crippen molar-refractivity contribution in [1.29, 1.82) is 0 Å². The molecule has 35 heavy (non-hydrogen) atoms. The largest absolute Gasteiger partial charge is 0.484 e. The van der Waals surface area contributed by atoms with Gasteiger partial charge in [-0.05, 0) is 63.4 Å². The molecule has 4 heterocycles. The van der Waals surface area contributed by atoms with Crippen LogP contribution in [0.2, 0.25) is 0 Å². The highest BCUT2D eigenvalue weighted by atomic mass is 16.5. The van der Waals surface area contributed by atoms with Gasteiger partial charge in [-0.15, -0.1) is 5.10 Å². The molecule has 0 spiro atoms. The van der Waals surface area contributed by atoms with E-state index >= 15 is 0 Å². The van der Waals surface area contributed by atoms with Gasteiger partial charge in [-0.3, -0.25) is 9.89 Å². The molecule has 0 saturated carbocycles. The summed E-state index contributed by atoms with van der Waals surface area (Å²) in [6.45, 7) is 4.54. The van der Waals surface area contributed by atoms with Gasteiger partial charge < -0.3 is 20.1 Å². The van der Waals surface area contributed by atoms with Gasteiger partial charge in [0.25, 0.3) is 5.91 Å². The van der Waals surface area contributed by atoms with Crippen LogP contribution in [0, 0.1) is 0 Å². The molecule has 1 aliphatic heterocycles. The monoisotopic (exact) mass is 476 g/mol. The lowest BCUT2D eigenvalue weighted by atomic mass is 10.2. The Balaban J connectivity index is 1.22. The van der Waals surface area contributed by atoms with Crippen LogP contribution in [0.3, 0.4) is 0 Å². The molecule has 0 bridgehead atoms. The molecule has 1 saturated heterocycles. The number of benzene rings is 1. The van der Waals surface area contributed by atoms with Gasteiger partial charge >= 0.3 is 0 Å².